The normalized spacial score (nSPS) is 19.1. The second kappa shape index (κ2) is 8.75. The molecule has 1 saturated heterocycles. The summed E-state index contributed by atoms with van der Waals surface area (Å²) in [5.74, 6) is 0.786. The summed E-state index contributed by atoms with van der Waals surface area (Å²) in [4.78, 5) is 6.66. The summed E-state index contributed by atoms with van der Waals surface area (Å²) in [6, 6.07) is 5.93. The quantitative estimate of drug-likeness (QED) is 0.549. The van der Waals surface area contributed by atoms with Crippen LogP contribution in [0.2, 0.25) is 0 Å². The first-order valence-electron chi connectivity index (χ1n) is 9.65. The van der Waals surface area contributed by atoms with E-state index in [2.05, 4.69) is 42.5 Å². The van der Waals surface area contributed by atoms with Crippen LogP contribution < -0.4 is 10.2 Å². The molecule has 3 heterocycles. The average molecular weight is 450 g/mol. The number of aromatic nitrogens is 5. The molecule has 1 atom stereocenters. The molecule has 1 aliphatic heterocycles. The highest BCUT2D eigenvalue weighted by atomic mass is 35.5. The number of benzene rings is 1. The van der Waals surface area contributed by atoms with E-state index in [4.69, 9.17) is 0 Å². The van der Waals surface area contributed by atoms with Crippen molar-refractivity contribution in [3.63, 3.8) is 0 Å². The van der Waals surface area contributed by atoms with Gasteiger partial charge in [0.2, 0.25) is 5.95 Å². The van der Waals surface area contributed by atoms with E-state index in [1.165, 1.54) is 12.8 Å². The van der Waals surface area contributed by atoms with Crippen LogP contribution in [0.4, 0.5) is 5.95 Å². The van der Waals surface area contributed by atoms with Gasteiger partial charge in [0.25, 0.3) is 0 Å². The van der Waals surface area contributed by atoms with Gasteiger partial charge in [-0.15, -0.1) is 35.0 Å². The minimum absolute atomic E-state index is 0. The van der Waals surface area contributed by atoms with Crippen LogP contribution in [0.1, 0.15) is 26.2 Å². The first kappa shape index (κ1) is 22.3. The van der Waals surface area contributed by atoms with Crippen LogP contribution >= 0.6 is 24.8 Å². The molecule has 1 aromatic carbocycles. The molecule has 3 aromatic rings. The van der Waals surface area contributed by atoms with Gasteiger partial charge in [0.1, 0.15) is 11.4 Å². The van der Waals surface area contributed by atoms with Gasteiger partial charge in [-0.2, -0.15) is 5.10 Å². The minimum Gasteiger partial charge on any atom is -0.507 e. The summed E-state index contributed by atoms with van der Waals surface area (Å²) in [6.45, 7) is 4.12. The number of phenolic OH excluding ortho intramolecular Hbond substituents is 1. The number of H-pyrrole nitrogens is 1. The fourth-order valence-electron chi connectivity index (χ4n) is 3.76. The topological polar surface area (TPSA) is 103 Å². The molecule has 0 radical (unpaired) electrons. The van der Waals surface area contributed by atoms with E-state index in [0.717, 1.165) is 30.6 Å². The summed E-state index contributed by atoms with van der Waals surface area (Å²) in [7, 11) is 0. The maximum atomic E-state index is 10.4. The fraction of sp³-hybridized carbons (Fsp3) is 0.400. The molecule has 10 heteroatoms. The van der Waals surface area contributed by atoms with E-state index in [1.807, 2.05) is 12.1 Å². The summed E-state index contributed by atoms with van der Waals surface area (Å²) < 4.78 is 0. The van der Waals surface area contributed by atoms with Gasteiger partial charge in [-0.3, -0.25) is 5.10 Å². The van der Waals surface area contributed by atoms with Crippen LogP contribution in [0.25, 0.3) is 22.4 Å². The molecule has 2 fully saturated rings. The standard InChI is InChI=1S/C20H23N7O.2ClH/c1-20(5-6-20)24-15-4-7-27(12-15)19-21-11-17(25-26-19)16-3-2-13(8-18(16)28)14-9-22-23-10-14;;/h2-3,8-11,15,24,28H,4-7,12H2,1H3,(H,22,23);2*1H/t15-;;/m0../s1. The van der Waals surface area contributed by atoms with E-state index in [-0.39, 0.29) is 30.6 Å². The Morgan fingerprint density at radius 3 is 2.63 bits per heavy atom. The van der Waals surface area contributed by atoms with E-state index >= 15 is 0 Å². The number of aromatic amines is 1. The SMILES string of the molecule is CC1(N[C@H]2CCN(c3ncc(-c4ccc(-c5cn[nH]c5)cc4O)nn3)C2)CC1.Cl.Cl. The highest BCUT2D eigenvalue weighted by molar-refractivity contribution is 5.85. The van der Waals surface area contributed by atoms with Gasteiger partial charge in [-0.1, -0.05) is 6.07 Å². The number of hydrogen-bond donors (Lipinski definition) is 3. The molecule has 0 amide bonds. The highest BCUT2D eigenvalue weighted by Crippen LogP contribution is 2.36. The van der Waals surface area contributed by atoms with Crippen LogP contribution in [0, 0.1) is 0 Å². The zero-order valence-corrected chi connectivity index (χ0v) is 18.2. The Morgan fingerprint density at radius 1 is 1.17 bits per heavy atom. The minimum atomic E-state index is 0. The largest absolute Gasteiger partial charge is 0.507 e. The van der Waals surface area contributed by atoms with Crippen LogP contribution in [0.5, 0.6) is 5.75 Å². The molecule has 1 aliphatic carbocycles. The van der Waals surface area contributed by atoms with Crippen molar-refractivity contribution in [1.82, 2.24) is 30.7 Å². The Labute approximate surface area is 187 Å². The lowest BCUT2D eigenvalue weighted by Gasteiger charge is -2.19. The Hall–Kier alpha value is -2.42. The number of rotatable bonds is 5. The number of nitrogens with zero attached hydrogens (tertiary/aromatic N) is 5. The molecule has 160 valence electrons. The maximum Gasteiger partial charge on any atom is 0.245 e. The van der Waals surface area contributed by atoms with Crippen molar-refractivity contribution < 1.29 is 5.11 Å². The third kappa shape index (κ3) is 4.50. The van der Waals surface area contributed by atoms with E-state index in [9.17, 15) is 5.11 Å². The van der Waals surface area contributed by atoms with E-state index in [1.54, 1.807) is 24.7 Å². The predicted octanol–water partition coefficient (Wildman–Crippen LogP) is 3.20. The molecular formula is C20H25Cl2N7O. The Bertz CT molecular complexity index is 977. The zero-order valence-electron chi connectivity index (χ0n) is 16.6. The summed E-state index contributed by atoms with van der Waals surface area (Å²) in [6.07, 6.45) is 8.80. The molecule has 30 heavy (non-hydrogen) atoms. The van der Waals surface area contributed by atoms with Gasteiger partial charge in [0, 0.05) is 42.0 Å². The molecule has 2 aliphatic rings. The average Bonchev–Trinajstić information content (AvgIpc) is 3.10. The molecule has 3 N–H and O–H groups in total. The Balaban J connectivity index is 0.00000128. The maximum absolute atomic E-state index is 10.4. The lowest BCUT2D eigenvalue weighted by Crippen LogP contribution is -2.40. The van der Waals surface area contributed by atoms with Crippen molar-refractivity contribution in [3.05, 3.63) is 36.8 Å². The monoisotopic (exact) mass is 449 g/mol. The number of anilines is 1. The molecule has 2 aromatic heterocycles. The van der Waals surface area contributed by atoms with Crippen molar-refractivity contribution in [2.45, 2.75) is 37.8 Å². The molecule has 5 rings (SSSR count). The van der Waals surface area contributed by atoms with Gasteiger partial charge < -0.3 is 15.3 Å². The van der Waals surface area contributed by atoms with Crippen LogP contribution in [-0.4, -0.2) is 55.2 Å². The van der Waals surface area contributed by atoms with Gasteiger partial charge in [-0.25, -0.2) is 4.98 Å². The van der Waals surface area contributed by atoms with Crippen LogP contribution in [-0.2, 0) is 0 Å². The smallest absolute Gasteiger partial charge is 0.245 e. The predicted molar refractivity (Wildman–Crippen MR) is 120 cm³/mol. The number of phenols is 1. The molecule has 8 nitrogen and oxygen atoms in total. The first-order valence-corrected chi connectivity index (χ1v) is 9.65. The zero-order chi connectivity index (χ0) is 19.1. The lowest BCUT2D eigenvalue weighted by molar-refractivity contribution is 0.455. The number of hydrogen-bond acceptors (Lipinski definition) is 7. The van der Waals surface area contributed by atoms with E-state index < -0.39 is 0 Å². The second-order valence-electron chi connectivity index (χ2n) is 8.00. The highest BCUT2D eigenvalue weighted by Gasteiger charge is 2.40. The van der Waals surface area contributed by atoms with Gasteiger partial charge in [-0.05, 0) is 43.9 Å². The summed E-state index contributed by atoms with van der Waals surface area (Å²) >= 11 is 0. The Kier molecular flexibility index (Phi) is 6.50. The van der Waals surface area contributed by atoms with Gasteiger partial charge >= 0.3 is 0 Å². The number of halogens is 2. The molecule has 0 spiro atoms. The lowest BCUT2D eigenvalue weighted by atomic mass is 10.0. The number of aromatic hydroxyl groups is 1. The molecular weight excluding hydrogens is 425 g/mol. The van der Waals surface area contributed by atoms with Crippen molar-refractivity contribution in [3.8, 4) is 28.1 Å². The van der Waals surface area contributed by atoms with Crippen molar-refractivity contribution in [1.29, 1.82) is 0 Å². The van der Waals surface area contributed by atoms with Crippen LogP contribution in [0.15, 0.2) is 36.8 Å². The van der Waals surface area contributed by atoms with Crippen LogP contribution in [0.3, 0.4) is 0 Å². The third-order valence-electron chi connectivity index (χ3n) is 5.68. The fourth-order valence-corrected chi connectivity index (χ4v) is 3.76. The molecule has 0 unspecified atom stereocenters. The Morgan fingerprint density at radius 2 is 2.00 bits per heavy atom. The molecule has 1 saturated carbocycles. The summed E-state index contributed by atoms with van der Waals surface area (Å²) in [5, 5.41) is 29.5. The van der Waals surface area contributed by atoms with Gasteiger partial charge in [0.15, 0.2) is 0 Å². The van der Waals surface area contributed by atoms with E-state index in [0.29, 0.717) is 28.8 Å². The number of nitrogens with one attached hydrogen (secondary N) is 2. The molecule has 0 bridgehead atoms. The van der Waals surface area contributed by atoms with Crippen molar-refractivity contribution in [2.75, 3.05) is 18.0 Å². The van der Waals surface area contributed by atoms with Crippen molar-refractivity contribution >= 4 is 30.8 Å². The third-order valence-corrected chi connectivity index (χ3v) is 5.68. The van der Waals surface area contributed by atoms with Gasteiger partial charge in [0.05, 0.1) is 12.4 Å². The van der Waals surface area contributed by atoms with Crippen molar-refractivity contribution in [2.24, 2.45) is 0 Å². The second-order valence-corrected chi connectivity index (χ2v) is 8.00. The summed E-state index contributed by atoms with van der Waals surface area (Å²) in [5.41, 5.74) is 3.30. The first-order chi connectivity index (χ1) is 13.6.